The third-order valence-corrected chi connectivity index (χ3v) is 4.16. The third kappa shape index (κ3) is 5.69. The summed E-state index contributed by atoms with van der Waals surface area (Å²) in [7, 11) is 0. The Labute approximate surface area is 153 Å². The van der Waals surface area contributed by atoms with Crippen LogP contribution >= 0.6 is 0 Å². The van der Waals surface area contributed by atoms with Crippen LogP contribution in [0.15, 0.2) is 42.5 Å². The molecule has 0 aliphatic rings. The summed E-state index contributed by atoms with van der Waals surface area (Å²) in [6.07, 6.45) is 2.20. The highest BCUT2D eigenvalue weighted by molar-refractivity contribution is 5.94. The number of halogens is 1. The summed E-state index contributed by atoms with van der Waals surface area (Å²) >= 11 is 0. The largest absolute Gasteiger partial charge is 0.456 e. The standard InChI is InChI=1S/C21H24FNO3/c1-3-16-6-5-7-17(4-2)21(16)23-19(24)14-26-20(25)13-10-15-8-11-18(22)12-9-15/h5-9,11-12H,3-4,10,13-14H2,1-2H3,(H,23,24). The van der Waals surface area contributed by atoms with Crippen molar-refractivity contribution in [2.75, 3.05) is 11.9 Å². The maximum Gasteiger partial charge on any atom is 0.306 e. The average molecular weight is 357 g/mol. The zero-order chi connectivity index (χ0) is 18.9. The molecule has 0 radical (unpaired) electrons. The van der Waals surface area contributed by atoms with Crippen molar-refractivity contribution in [1.82, 2.24) is 0 Å². The molecule has 0 aliphatic carbocycles. The molecule has 0 aliphatic heterocycles. The van der Waals surface area contributed by atoms with E-state index in [2.05, 4.69) is 5.32 Å². The summed E-state index contributed by atoms with van der Waals surface area (Å²) in [4.78, 5) is 23.9. The third-order valence-electron chi connectivity index (χ3n) is 4.16. The van der Waals surface area contributed by atoms with Gasteiger partial charge < -0.3 is 10.1 Å². The van der Waals surface area contributed by atoms with Gasteiger partial charge in [0.25, 0.3) is 5.91 Å². The molecule has 0 heterocycles. The molecule has 0 fully saturated rings. The van der Waals surface area contributed by atoms with Gasteiger partial charge in [-0.15, -0.1) is 0 Å². The highest BCUT2D eigenvalue weighted by Crippen LogP contribution is 2.22. The van der Waals surface area contributed by atoms with Crippen LogP contribution in [0.3, 0.4) is 0 Å². The lowest BCUT2D eigenvalue weighted by atomic mass is 10.0. The maximum atomic E-state index is 12.8. The second-order valence-corrected chi connectivity index (χ2v) is 5.99. The molecule has 0 atom stereocenters. The number of hydrogen-bond acceptors (Lipinski definition) is 3. The number of aryl methyl sites for hydroxylation is 3. The molecule has 4 nitrogen and oxygen atoms in total. The van der Waals surface area contributed by atoms with Crippen molar-refractivity contribution in [2.45, 2.75) is 39.5 Å². The van der Waals surface area contributed by atoms with Crippen molar-refractivity contribution in [3.63, 3.8) is 0 Å². The number of benzene rings is 2. The van der Waals surface area contributed by atoms with E-state index in [1.165, 1.54) is 12.1 Å². The molecule has 2 rings (SSSR count). The molecule has 1 N–H and O–H groups in total. The number of carbonyl (C=O) groups is 2. The van der Waals surface area contributed by atoms with Gasteiger partial charge in [-0.1, -0.05) is 44.2 Å². The van der Waals surface area contributed by atoms with E-state index in [1.54, 1.807) is 12.1 Å². The zero-order valence-electron chi connectivity index (χ0n) is 15.2. The lowest BCUT2D eigenvalue weighted by Gasteiger charge is -2.14. The Morgan fingerprint density at radius 2 is 1.62 bits per heavy atom. The van der Waals surface area contributed by atoms with Crippen LogP contribution in [0, 0.1) is 5.82 Å². The number of rotatable bonds is 8. The minimum absolute atomic E-state index is 0.144. The smallest absolute Gasteiger partial charge is 0.306 e. The number of carbonyl (C=O) groups excluding carboxylic acids is 2. The Morgan fingerprint density at radius 3 is 2.19 bits per heavy atom. The quantitative estimate of drug-likeness (QED) is 0.725. The van der Waals surface area contributed by atoms with E-state index >= 15 is 0 Å². The molecule has 2 aromatic carbocycles. The second-order valence-electron chi connectivity index (χ2n) is 5.99. The van der Waals surface area contributed by atoms with Crippen molar-refractivity contribution >= 4 is 17.6 Å². The van der Waals surface area contributed by atoms with E-state index in [1.807, 2.05) is 32.0 Å². The normalized spacial score (nSPS) is 10.4. The van der Waals surface area contributed by atoms with E-state index in [4.69, 9.17) is 4.74 Å². The Kier molecular flexibility index (Phi) is 7.33. The van der Waals surface area contributed by atoms with Crippen molar-refractivity contribution in [3.8, 4) is 0 Å². The molecular weight excluding hydrogens is 333 g/mol. The predicted octanol–water partition coefficient (Wildman–Crippen LogP) is 4.07. The Morgan fingerprint density at radius 1 is 1.00 bits per heavy atom. The number of esters is 1. The molecule has 0 saturated carbocycles. The summed E-state index contributed by atoms with van der Waals surface area (Å²) < 4.78 is 17.9. The Hall–Kier alpha value is -2.69. The number of ether oxygens (including phenoxy) is 1. The van der Waals surface area contributed by atoms with Crippen LogP contribution < -0.4 is 5.32 Å². The van der Waals surface area contributed by atoms with E-state index in [0.717, 1.165) is 35.2 Å². The number of nitrogens with one attached hydrogen (secondary N) is 1. The summed E-state index contributed by atoms with van der Waals surface area (Å²) in [5.41, 5.74) is 3.77. The SMILES string of the molecule is CCc1cccc(CC)c1NC(=O)COC(=O)CCc1ccc(F)cc1. The molecule has 2 aromatic rings. The first-order valence-electron chi connectivity index (χ1n) is 8.84. The fourth-order valence-electron chi connectivity index (χ4n) is 2.69. The van der Waals surface area contributed by atoms with E-state index in [9.17, 15) is 14.0 Å². The van der Waals surface area contributed by atoms with Gasteiger partial charge in [-0.3, -0.25) is 9.59 Å². The van der Waals surface area contributed by atoms with E-state index in [0.29, 0.717) is 6.42 Å². The molecule has 5 heteroatoms. The molecule has 26 heavy (non-hydrogen) atoms. The van der Waals surface area contributed by atoms with Gasteiger partial charge in [0.2, 0.25) is 0 Å². The molecule has 0 bridgehead atoms. The van der Waals surface area contributed by atoms with Gasteiger partial charge in [-0.2, -0.15) is 0 Å². The topological polar surface area (TPSA) is 55.4 Å². The van der Waals surface area contributed by atoms with Crippen molar-refractivity contribution in [2.24, 2.45) is 0 Å². The number of amides is 1. The first-order chi connectivity index (χ1) is 12.5. The molecule has 0 aromatic heterocycles. The summed E-state index contributed by atoms with van der Waals surface area (Å²) in [6.45, 7) is 3.74. The van der Waals surface area contributed by atoms with Crippen LogP contribution in [0.25, 0.3) is 0 Å². The molecule has 0 spiro atoms. The van der Waals surface area contributed by atoms with Crippen LogP contribution in [0.5, 0.6) is 0 Å². The summed E-state index contributed by atoms with van der Waals surface area (Å²) in [6, 6.07) is 11.9. The van der Waals surface area contributed by atoms with Gasteiger partial charge in [-0.05, 0) is 48.1 Å². The maximum absolute atomic E-state index is 12.8. The van der Waals surface area contributed by atoms with Crippen molar-refractivity contribution < 1.29 is 18.7 Å². The second kappa shape index (κ2) is 9.70. The zero-order valence-corrected chi connectivity index (χ0v) is 15.2. The van der Waals surface area contributed by atoms with Gasteiger partial charge in [0.05, 0.1) is 0 Å². The van der Waals surface area contributed by atoms with Gasteiger partial charge >= 0.3 is 5.97 Å². The van der Waals surface area contributed by atoms with Crippen LogP contribution in [0.2, 0.25) is 0 Å². The minimum Gasteiger partial charge on any atom is -0.456 e. The first kappa shape index (κ1) is 19.6. The van der Waals surface area contributed by atoms with Crippen LogP contribution in [0.4, 0.5) is 10.1 Å². The minimum atomic E-state index is -0.455. The fourth-order valence-corrected chi connectivity index (χ4v) is 2.69. The first-order valence-corrected chi connectivity index (χ1v) is 8.84. The molecule has 0 saturated heterocycles. The van der Waals surface area contributed by atoms with Crippen molar-refractivity contribution in [1.29, 1.82) is 0 Å². The summed E-state index contributed by atoms with van der Waals surface area (Å²) in [5.74, 6) is -1.12. The molecule has 0 unspecified atom stereocenters. The van der Waals surface area contributed by atoms with Crippen LogP contribution in [0.1, 0.15) is 37.0 Å². The lowest BCUT2D eigenvalue weighted by molar-refractivity contribution is -0.147. The van der Waals surface area contributed by atoms with Gasteiger partial charge in [0, 0.05) is 12.1 Å². The molecule has 138 valence electrons. The number of hydrogen-bond donors (Lipinski definition) is 1. The van der Waals surface area contributed by atoms with Crippen LogP contribution in [-0.4, -0.2) is 18.5 Å². The highest BCUT2D eigenvalue weighted by Gasteiger charge is 2.12. The van der Waals surface area contributed by atoms with Crippen LogP contribution in [-0.2, 0) is 33.6 Å². The van der Waals surface area contributed by atoms with Gasteiger partial charge in [-0.25, -0.2) is 4.39 Å². The average Bonchev–Trinajstić information content (AvgIpc) is 2.66. The Bertz CT molecular complexity index is 734. The number of anilines is 1. The van der Waals surface area contributed by atoms with E-state index in [-0.39, 0.29) is 24.8 Å². The Balaban J connectivity index is 1.83. The number of para-hydroxylation sites is 1. The van der Waals surface area contributed by atoms with Gasteiger partial charge in [0.1, 0.15) is 5.82 Å². The van der Waals surface area contributed by atoms with E-state index < -0.39 is 5.97 Å². The molecule has 1 amide bonds. The predicted molar refractivity (Wildman–Crippen MR) is 99.5 cm³/mol. The van der Waals surface area contributed by atoms with Gasteiger partial charge in [0.15, 0.2) is 6.61 Å². The summed E-state index contributed by atoms with van der Waals surface area (Å²) in [5, 5.41) is 2.86. The molecular formula is C21H24FNO3. The fraction of sp³-hybridized carbons (Fsp3) is 0.333. The highest BCUT2D eigenvalue weighted by atomic mass is 19.1. The lowest BCUT2D eigenvalue weighted by Crippen LogP contribution is -2.22. The van der Waals surface area contributed by atoms with Crippen molar-refractivity contribution in [3.05, 3.63) is 65.0 Å². The monoisotopic (exact) mass is 357 g/mol.